The summed E-state index contributed by atoms with van der Waals surface area (Å²) < 4.78 is 15.5. The summed E-state index contributed by atoms with van der Waals surface area (Å²) >= 11 is 6.43. The lowest BCUT2D eigenvalue weighted by molar-refractivity contribution is 0.102. The number of rotatable bonds is 7. The standard InChI is InChI=1S/C32H30ClN3O3/c1-3-39-24-17-13-22(14-18-24)29-25-8-6-7-19-35-28(21-11-15-23(38-2)16-12-21)20-36(32(25)35)30(29)31(37)34-27-10-5-4-9-26(27)33/h4-5,9-18,20H,3,6-8,19H2,1-2H3,(H,34,37). The van der Waals surface area contributed by atoms with Crippen LogP contribution in [0, 0.1) is 0 Å². The average molecular weight is 540 g/mol. The van der Waals surface area contributed by atoms with Gasteiger partial charge in [0, 0.05) is 23.9 Å². The molecule has 3 heterocycles. The Bertz CT molecular complexity index is 1650. The summed E-state index contributed by atoms with van der Waals surface area (Å²) in [5.74, 6) is 1.42. The summed E-state index contributed by atoms with van der Waals surface area (Å²) in [6.45, 7) is 3.45. The molecule has 7 heteroatoms. The second kappa shape index (κ2) is 10.5. The Morgan fingerprint density at radius 1 is 0.949 bits per heavy atom. The van der Waals surface area contributed by atoms with E-state index in [1.165, 1.54) is 5.56 Å². The molecule has 1 amide bonds. The summed E-state index contributed by atoms with van der Waals surface area (Å²) in [6.07, 6.45) is 5.08. The van der Waals surface area contributed by atoms with Crippen LogP contribution in [0.5, 0.6) is 11.5 Å². The number of imidazole rings is 1. The SMILES string of the molecule is CCOc1ccc(-c2c3c4n(c(-c5ccc(OC)cc5)cn4c2C(=O)Nc2ccccc2Cl)CCCC3)cc1. The third-order valence-corrected chi connectivity index (χ3v) is 7.64. The Kier molecular flexibility index (Phi) is 6.79. The van der Waals surface area contributed by atoms with Gasteiger partial charge in [-0.2, -0.15) is 0 Å². The third kappa shape index (κ3) is 4.55. The highest BCUT2D eigenvalue weighted by molar-refractivity contribution is 6.34. The second-order valence-corrected chi connectivity index (χ2v) is 10.0. The number of ether oxygens (including phenoxy) is 2. The molecule has 1 aliphatic rings. The number of halogens is 1. The van der Waals surface area contributed by atoms with E-state index in [0.29, 0.717) is 23.0 Å². The van der Waals surface area contributed by atoms with Crippen molar-refractivity contribution >= 4 is 28.8 Å². The normalized spacial score (nSPS) is 12.8. The fraction of sp³-hybridized carbons (Fsp3) is 0.219. The van der Waals surface area contributed by atoms with Gasteiger partial charge in [-0.1, -0.05) is 35.9 Å². The van der Waals surface area contributed by atoms with Gasteiger partial charge < -0.3 is 19.4 Å². The molecule has 39 heavy (non-hydrogen) atoms. The number of methoxy groups -OCH3 is 1. The Morgan fingerprint density at radius 3 is 2.38 bits per heavy atom. The molecular weight excluding hydrogens is 510 g/mol. The van der Waals surface area contributed by atoms with Gasteiger partial charge in [0.1, 0.15) is 22.8 Å². The summed E-state index contributed by atoms with van der Waals surface area (Å²) in [6, 6.07) is 23.4. The van der Waals surface area contributed by atoms with Gasteiger partial charge in [0.2, 0.25) is 0 Å². The average Bonchev–Trinajstić information content (AvgIpc) is 3.38. The molecule has 0 bridgehead atoms. The van der Waals surface area contributed by atoms with E-state index in [0.717, 1.165) is 65.3 Å². The molecule has 0 saturated heterocycles. The monoisotopic (exact) mass is 539 g/mol. The van der Waals surface area contributed by atoms with E-state index in [2.05, 4.69) is 32.6 Å². The van der Waals surface area contributed by atoms with Gasteiger partial charge in [-0.25, -0.2) is 0 Å². The van der Waals surface area contributed by atoms with Crippen molar-refractivity contribution in [1.29, 1.82) is 0 Å². The van der Waals surface area contributed by atoms with Crippen molar-refractivity contribution in [2.24, 2.45) is 0 Å². The van der Waals surface area contributed by atoms with Gasteiger partial charge in [-0.3, -0.25) is 9.20 Å². The fourth-order valence-corrected chi connectivity index (χ4v) is 5.72. The largest absolute Gasteiger partial charge is 0.497 e. The van der Waals surface area contributed by atoms with E-state index < -0.39 is 0 Å². The number of benzene rings is 3. The van der Waals surface area contributed by atoms with Crippen molar-refractivity contribution < 1.29 is 14.3 Å². The maximum absolute atomic E-state index is 14.1. The summed E-state index contributed by atoms with van der Waals surface area (Å²) in [4.78, 5) is 14.1. The van der Waals surface area contributed by atoms with E-state index in [1.54, 1.807) is 13.2 Å². The Labute approximate surface area is 232 Å². The zero-order chi connectivity index (χ0) is 26.9. The molecular formula is C32H30ClN3O3. The number of anilines is 1. The molecule has 0 radical (unpaired) electrons. The number of nitrogens with zero attached hydrogens (tertiary/aromatic N) is 2. The van der Waals surface area contributed by atoms with Crippen molar-refractivity contribution in [1.82, 2.24) is 8.97 Å². The summed E-state index contributed by atoms with van der Waals surface area (Å²) in [5.41, 5.74) is 7.51. The van der Waals surface area contributed by atoms with Gasteiger partial charge in [0.05, 0.1) is 30.1 Å². The predicted molar refractivity (Wildman–Crippen MR) is 156 cm³/mol. The number of para-hydroxylation sites is 1. The molecule has 198 valence electrons. The topological polar surface area (TPSA) is 56.9 Å². The summed E-state index contributed by atoms with van der Waals surface area (Å²) in [7, 11) is 1.67. The van der Waals surface area contributed by atoms with E-state index in [4.69, 9.17) is 21.1 Å². The first-order valence-electron chi connectivity index (χ1n) is 13.3. The molecule has 6 rings (SSSR count). The minimum Gasteiger partial charge on any atom is -0.497 e. The lowest BCUT2D eigenvalue weighted by Gasteiger charge is -2.12. The minimum absolute atomic E-state index is 0.202. The highest BCUT2D eigenvalue weighted by Gasteiger charge is 2.30. The minimum atomic E-state index is -0.202. The smallest absolute Gasteiger partial charge is 0.273 e. The van der Waals surface area contributed by atoms with Crippen LogP contribution in [0.4, 0.5) is 5.69 Å². The van der Waals surface area contributed by atoms with Crippen molar-refractivity contribution in [3.63, 3.8) is 0 Å². The molecule has 0 fully saturated rings. The molecule has 0 spiro atoms. The van der Waals surface area contributed by atoms with Crippen molar-refractivity contribution in [3.8, 4) is 33.9 Å². The van der Waals surface area contributed by atoms with Crippen LogP contribution >= 0.6 is 11.6 Å². The van der Waals surface area contributed by atoms with E-state index >= 15 is 0 Å². The maximum atomic E-state index is 14.1. The van der Waals surface area contributed by atoms with Crippen LogP contribution < -0.4 is 14.8 Å². The first-order chi connectivity index (χ1) is 19.1. The second-order valence-electron chi connectivity index (χ2n) is 9.64. The van der Waals surface area contributed by atoms with Crippen LogP contribution in [0.2, 0.25) is 5.02 Å². The first-order valence-corrected chi connectivity index (χ1v) is 13.7. The number of carbonyl (C=O) groups is 1. The van der Waals surface area contributed by atoms with Crippen LogP contribution in [-0.2, 0) is 13.0 Å². The molecule has 0 aliphatic carbocycles. The molecule has 1 aliphatic heterocycles. The predicted octanol–water partition coefficient (Wildman–Crippen LogP) is 7.72. The molecule has 6 nitrogen and oxygen atoms in total. The highest BCUT2D eigenvalue weighted by atomic mass is 35.5. The van der Waals surface area contributed by atoms with Crippen molar-refractivity contribution in [2.45, 2.75) is 32.7 Å². The quantitative estimate of drug-likeness (QED) is 0.230. The number of amides is 1. The Morgan fingerprint density at radius 2 is 1.67 bits per heavy atom. The molecule has 3 aromatic carbocycles. The number of aryl methyl sites for hydroxylation is 2. The van der Waals surface area contributed by atoms with Gasteiger partial charge in [-0.05, 0) is 85.8 Å². The van der Waals surface area contributed by atoms with E-state index in [9.17, 15) is 4.79 Å². The molecule has 2 aromatic heterocycles. The third-order valence-electron chi connectivity index (χ3n) is 7.31. The van der Waals surface area contributed by atoms with Crippen LogP contribution in [0.3, 0.4) is 0 Å². The van der Waals surface area contributed by atoms with Gasteiger partial charge >= 0.3 is 0 Å². The number of hydrogen-bond donors (Lipinski definition) is 1. The molecule has 5 aromatic rings. The van der Waals surface area contributed by atoms with Crippen LogP contribution in [0.25, 0.3) is 28.0 Å². The van der Waals surface area contributed by atoms with Gasteiger partial charge in [0.25, 0.3) is 5.91 Å². The van der Waals surface area contributed by atoms with E-state index in [-0.39, 0.29) is 5.91 Å². The zero-order valence-electron chi connectivity index (χ0n) is 22.0. The van der Waals surface area contributed by atoms with Crippen LogP contribution in [0.15, 0.2) is 79.0 Å². The lowest BCUT2D eigenvalue weighted by atomic mass is 9.97. The Balaban J connectivity index is 1.57. The number of hydrogen-bond acceptors (Lipinski definition) is 3. The molecule has 1 N–H and O–H groups in total. The molecule has 0 unspecified atom stereocenters. The van der Waals surface area contributed by atoms with Crippen molar-refractivity contribution in [2.75, 3.05) is 19.0 Å². The van der Waals surface area contributed by atoms with Crippen LogP contribution in [-0.4, -0.2) is 28.6 Å². The maximum Gasteiger partial charge on any atom is 0.273 e. The highest BCUT2D eigenvalue weighted by Crippen LogP contribution is 2.40. The van der Waals surface area contributed by atoms with Crippen molar-refractivity contribution in [3.05, 3.63) is 95.3 Å². The van der Waals surface area contributed by atoms with E-state index in [1.807, 2.05) is 61.5 Å². The fourth-order valence-electron chi connectivity index (χ4n) is 5.54. The van der Waals surface area contributed by atoms with Gasteiger partial charge in [-0.15, -0.1) is 0 Å². The zero-order valence-corrected chi connectivity index (χ0v) is 22.8. The number of nitrogens with one attached hydrogen (secondary N) is 1. The number of carbonyl (C=O) groups excluding carboxylic acids is 1. The first kappa shape index (κ1) is 25.1. The number of aromatic nitrogens is 2. The van der Waals surface area contributed by atoms with Crippen LogP contribution in [0.1, 0.15) is 35.8 Å². The lowest BCUT2D eigenvalue weighted by Crippen LogP contribution is -2.15. The summed E-state index contributed by atoms with van der Waals surface area (Å²) in [5, 5.41) is 3.57. The molecule has 0 saturated carbocycles. The van der Waals surface area contributed by atoms with Gasteiger partial charge in [0.15, 0.2) is 0 Å². The Hall–Kier alpha value is -4.16. The molecule has 0 atom stereocenters.